The lowest BCUT2D eigenvalue weighted by Gasteiger charge is -2.47. The largest absolute Gasteiger partial charge is 0.439 e. The first-order chi connectivity index (χ1) is 23.0. The van der Waals surface area contributed by atoms with E-state index in [4.69, 9.17) is 30.8 Å². The van der Waals surface area contributed by atoms with E-state index in [1.807, 2.05) is 12.1 Å². The van der Waals surface area contributed by atoms with Crippen LogP contribution in [0.1, 0.15) is 44.6 Å². The number of nitrogens with one attached hydrogen (secondary N) is 1. The van der Waals surface area contributed by atoms with Crippen LogP contribution in [0.4, 0.5) is 5.95 Å². The molecule has 4 aromatic heterocycles. The van der Waals surface area contributed by atoms with Gasteiger partial charge in [0.05, 0.1) is 40.5 Å². The van der Waals surface area contributed by atoms with E-state index in [0.29, 0.717) is 28.9 Å². The average Bonchev–Trinajstić information content (AvgIpc) is 3.69. The number of fused-ring (bicyclic) bond motifs is 2. The molecule has 0 bridgehead atoms. The third-order valence-electron chi connectivity index (χ3n) is 10.1. The zero-order valence-corrected chi connectivity index (χ0v) is 27.3. The zero-order valence-electron chi connectivity index (χ0n) is 26.5. The highest BCUT2D eigenvalue weighted by molar-refractivity contribution is 6.30. The predicted molar refractivity (Wildman–Crippen MR) is 180 cm³/mol. The lowest BCUT2D eigenvalue weighted by atomic mass is 9.83. The van der Waals surface area contributed by atoms with Gasteiger partial charge in [0, 0.05) is 50.7 Å². The topological polar surface area (TPSA) is 118 Å². The number of anilines is 1. The summed E-state index contributed by atoms with van der Waals surface area (Å²) in [6.45, 7) is 7.38. The van der Waals surface area contributed by atoms with Gasteiger partial charge in [-0.05, 0) is 48.8 Å². The molecule has 1 N–H and O–H groups in total. The molecule has 2 atom stereocenters. The van der Waals surface area contributed by atoms with Crippen LogP contribution in [0, 0.1) is 11.8 Å². The minimum atomic E-state index is -0.636. The van der Waals surface area contributed by atoms with Crippen LogP contribution in [0.15, 0.2) is 64.2 Å². The van der Waals surface area contributed by atoms with E-state index in [1.54, 1.807) is 12.4 Å². The van der Waals surface area contributed by atoms with Crippen molar-refractivity contribution < 1.29 is 9.26 Å². The first-order valence-electron chi connectivity index (χ1n) is 16.7. The fourth-order valence-corrected chi connectivity index (χ4v) is 7.87. The number of nitrogens with zero attached hydrogens (tertiary/aromatic N) is 7. The monoisotopic (exact) mass is 654 g/mol. The van der Waals surface area contributed by atoms with Crippen molar-refractivity contribution in [3.63, 3.8) is 0 Å². The molecule has 1 aliphatic carbocycles. The fourth-order valence-electron chi connectivity index (χ4n) is 7.70. The van der Waals surface area contributed by atoms with Gasteiger partial charge >= 0.3 is 5.76 Å². The van der Waals surface area contributed by atoms with E-state index in [2.05, 4.69) is 66.7 Å². The van der Waals surface area contributed by atoms with Gasteiger partial charge in [-0.1, -0.05) is 66.9 Å². The summed E-state index contributed by atoms with van der Waals surface area (Å²) >= 11 is 6.47. The highest BCUT2D eigenvalue weighted by Crippen LogP contribution is 2.39. The minimum absolute atomic E-state index is 0.0792. The summed E-state index contributed by atoms with van der Waals surface area (Å²) in [5.74, 6) is 1.85. The van der Waals surface area contributed by atoms with Crippen molar-refractivity contribution in [2.75, 3.05) is 31.1 Å². The summed E-state index contributed by atoms with van der Waals surface area (Å²) in [4.78, 5) is 34.4. The summed E-state index contributed by atoms with van der Waals surface area (Å²) in [5, 5.41) is 4.46. The molecule has 12 heteroatoms. The van der Waals surface area contributed by atoms with Crippen LogP contribution in [0.5, 0.6) is 0 Å². The van der Waals surface area contributed by atoms with E-state index in [-0.39, 0.29) is 18.0 Å². The molecule has 0 radical (unpaired) electrons. The Bertz CT molecular complexity index is 1910. The third kappa shape index (κ3) is 6.19. The molecule has 6 heterocycles. The quantitative estimate of drug-likeness (QED) is 0.232. The number of pyridine rings is 2. The number of imidazole rings is 1. The Hall–Kier alpha value is -4.06. The Kier molecular flexibility index (Phi) is 8.28. The van der Waals surface area contributed by atoms with Crippen LogP contribution in [-0.2, 0) is 17.8 Å². The number of aromatic amines is 1. The van der Waals surface area contributed by atoms with Crippen LogP contribution in [0.3, 0.4) is 0 Å². The molecule has 244 valence electrons. The summed E-state index contributed by atoms with van der Waals surface area (Å²) in [6, 6.07) is 14.6. The van der Waals surface area contributed by atoms with Gasteiger partial charge in [0.2, 0.25) is 11.8 Å². The highest BCUT2D eigenvalue weighted by Gasteiger charge is 2.39. The van der Waals surface area contributed by atoms with E-state index >= 15 is 0 Å². The molecule has 2 saturated heterocycles. The Morgan fingerprint density at radius 1 is 1.02 bits per heavy atom. The number of hydrogen-bond donors (Lipinski definition) is 1. The summed E-state index contributed by atoms with van der Waals surface area (Å²) < 4.78 is 13.7. The van der Waals surface area contributed by atoms with E-state index < -0.39 is 5.76 Å². The molecular weight excluding hydrogens is 616 g/mol. The molecule has 1 saturated carbocycles. The number of halogens is 1. The average molecular weight is 655 g/mol. The standard InChI is InChI=1S/C35H39ClN8O3/c1-22-7-9-24(10-8-22)20-44-32-27(16-28(33-40-35(45)47-41-33)38-31(32)25-15-26(36)18-37-17-25)39-34(44)43-13-14-46-30-21-42(12-11-29(30)43)19-23-5-3-2-4-6-23/h2-6,15-18,22,24,29-30H,7-14,19-21H2,1H3,(H,40,41,45)/t22?,24?,29-,30-/m1/s1. The van der Waals surface area contributed by atoms with Gasteiger partial charge in [-0.2, -0.15) is 0 Å². The molecule has 3 aliphatic rings. The van der Waals surface area contributed by atoms with Gasteiger partial charge in [0.25, 0.3) is 0 Å². The smallest absolute Gasteiger partial charge is 0.373 e. The van der Waals surface area contributed by atoms with Crippen LogP contribution < -0.4 is 10.7 Å². The van der Waals surface area contributed by atoms with Crippen LogP contribution in [0.2, 0.25) is 5.02 Å². The SMILES string of the molecule is CC1CCC(Cn2c(N3CCO[C@@H]4CN(Cc5ccccc5)CC[C@H]43)nc3cc(-c4noc(=O)[nH]4)nc(-c4cncc(Cl)c4)c32)CC1. The van der Waals surface area contributed by atoms with Gasteiger partial charge in [-0.3, -0.25) is 19.4 Å². The van der Waals surface area contributed by atoms with Crippen molar-refractivity contribution in [1.29, 1.82) is 0 Å². The normalized spacial score (nSPS) is 23.7. The Morgan fingerprint density at radius 3 is 2.66 bits per heavy atom. The third-order valence-corrected chi connectivity index (χ3v) is 10.3. The number of likely N-dealkylation sites (tertiary alicyclic amines) is 1. The minimum Gasteiger partial charge on any atom is -0.373 e. The number of piperidine rings is 1. The zero-order chi connectivity index (χ0) is 31.9. The molecular formula is C35H39ClN8O3. The molecule has 3 fully saturated rings. The van der Waals surface area contributed by atoms with E-state index in [1.165, 1.54) is 31.2 Å². The van der Waals surface area contributed by atoms with Crippen LogP contribution in [-0.4, -0.2) is 72.9 Å². The van der Waals surface area contributed by atoms with Crippen LogP contribution >= 0.6 is 11.6 Å². The first kappa shape index (κ1) is 30.3. The van der Waals surface area contributed by atoms with Crippen molar-refractivity contribution in [3.05, 3.63) is 76.0 Å². The molecule has 11 nitrogen and oxygen atoms in total. The van der Waals surface area contributed by atoms with E-state index in [0.717, 1.165) is 67.6 Å². The van der Waals surface area contributed by atoms with Crippen molar-refractivity contribution in [3.8, 4) is 22.8 Å². The Balaban J connectivity index is 1.22. The molecule has 8 rings (SSSR count). The van der Waals surface area contributed by atoms with Crippen molar-refractivity contribution >= 4 is 28.6 Å². The second-order valence-corrected chi connectivity index (χ2v) is 13.8. The lowest BCUT2D eigenvalue weighted by molar-refractivity contribution is -0.0365. The molecule has 5 aromatic rings. The first-order valence-corrected chi connectivity index (χ1v) is 17.1. The molecule has 1 aromatic carbocycles. The summed E-state index contributed by atoms with van der Waals surface area (Å²) in [6.07, 6.45) is 9.29. The highest BCUT2D eigenvalue weighted by atomic mass is 35.5. The Labute approximate surface area is 277 Å². The predicted octanol–water partition coefficient (Wildman–Crippen LogP) is 5.80. The van der Waals surface area contributed by atoms with Gasteiger partial charge < -0.3 is 14.2 Å². The molecule has 0 spiro atoms. The second kappa shape index (κ2) is 12.9. The number of H-pyrrole nitrogens is 1. The molecule has 0 amide bonds. The fraction of sp³-hybridized carbons (Fsp3) is 0.457. The van der Waals surface area contributed by atoms with Crippen molar-refractivity contribution in [2.24, 2.45) is 11.8 Å². The van der Waals surface area contributed by atoms with Crippen molar-refractivity contribution in [2.45, 2.75) is 64.3 Å². The number of hydrogen-bond acceptors (Lipinski definition) is 9. The number of benzene rings is 1. The van der Waals surface area contributed by atoms with Gasteiger partial charge in [0.15, 0.2) is 0 Å². The summed E-state index contributed by atoms with van der Waals surface area (Å²) in [7, 11) is 0. The summed E-state index contributed by atoms with van der Waals surface area (Å²) in [5.41, 5.74) is 4.97. The number of aromatic nitrogens is 6. The molecule has 2 aliphatic heterocycles. The van der Waals surface area contributed by atoms with Crippen molar-refractivity contribution in [1.82, 2.24) is 34.6 Å². The van der Waals surface area contributed by atoms with Gasteiger partial charge in [-0.15, -0.1) is 0 Å². The number of morpholine rings is 1. The molecule has 47 heavy (non-hydrogen) atoms. The number of ether oxygens (including phenoxy) is 1. The van der Waals surface area contributed by atoms with Gasteiger partial charge in [-0.25, -0.2) is 14.8 Å². The maximum absolute atomic E-state index is 11.9. The lowest BCUT2D eigenvalue weighted by Crippen LogP contribution is -2.59. The van der Waals surface area contributed by atoms with Gasteiger partial charge in [0.1, 0.15) is 5.69 Å². The molecule has 0 unspecified atom stereocenters. The van der Waals surface area contributed by atoms with E-state index in [9.17, 15) is 4.79 Å². The maximum atomic E-state index is 11.9. The Morgan fingerprint density at radius 2 is 1.87 bits per heavy atom. The second-order valence-electron chi connectivity index (χ2n) is 13.4. The number of rotatable bonds is 7. The van der Waals surface area contributed by atoms with Crippen LogP contribution in [0.25, 0.3) is 33.8 Å². The maximum Gasteiger partial charge on any atom is 0.439 e.